The minimum absolute atomic E-state index is 0.0145. The average Bonchev–Trinajstić information content (AvgIpc) is 2.83. The third-order valence-electron chi connectivity index (χ3n) is 6.38. The van der Waals surface area contributed by atoms with Crippen LogP contribution in [0.4, 0.5) is 5.69 Å². The Morgan fingerprint density at radius 3 is 1.73 bits per heavy atom. The molecule has 2 aromatic carbocycles. The van der Waals surface area contributed by atoms with E-state index < -0.39 is 0 Å². The van der Waals surface area contributed by atoms with Crippen molar-refractivity contribution in [3.63, 3.8) is 0 Å². The van der Waals surface area contributed by atoms with Gasteiger partial charge in [0.25, 0.3) is 0 Å². The first-order valence-electron chi connectivity index (χ1n) is 12.7. The van der Waals surface area contributed by atoms with E-state index >= 15 is 0 Å². The molecule has 2 aromatic rings. The molecule has 0 aromatic heterocycles. The van der Waals surface area contributed by atoms with Crippen LogP contribution in [-0.2, 0) is 4.79 Å². The van der Waals surface area contributed by atoms with Gasteiger partial charge < -0.3 is 10.0 Å². The highest BCUT2D eigenvalue weighted by atomic mass is 16.3. The maximum Gasteiger partial charge on any atom is 0.174 e. The van der Waals surface area contributed by atoms with Gasteiger partial charge in [0.1, 0.15) is 5.76 Å². The van der Waals surface area contributed by atoms with Gasteiger partial charge in [0, 0.05) is 18.8 Å². The number of unbranched alkanes of at least 4 members (excludes halogenated alkanes) is 6. The molecule has 0 unspecified atom stereocenters. The van der Waals surface area contributed by atoms with E-state index in [0.717, 1.165) is 24.2 Å². The Morgan fingerprint density at radius 2 is 1.27 bits per heavy atom. The van der Waals surface area contributed by atoms with E-state index in [4.69, 9.17) is 0 Å². The number of allylic oxidation sites excluding steroid dienone is 2. The molecule has 3 nitrogen and oxygen atoms in total. The van der Waals surface area contributed by atoms with Gasteiger partial charge in [0.05, 0.1) is 12.0 Å². The standard InChI is InChI=1S/C30H39NO2/c1-3-5-7-9-21-31(22-10-8-6-4-2)27-19-15-25(16-20-27)12-11-24-13-17-26(18-14-24)30-28(32)23-29(30)33/h11-20,32H,3-10,21-23H2,1-2H3/b12-11+. The number of aliphatic hydroxyl groups is 1. The Hall–Kier alpha value is -2.81. The zero-order valence-corrected chi connectivity index (χ0v) is 20.4. The van der Waals surface area contributed by atoms with Gasteiger partial charge in [-0.1, -0.05) is 101 Å². The van der Waals surface area contributed by atoms with E-state index in [0.29, 0.717) is 5.57 Å². The lowest BCUT2D eigenvalue weighted by Gasteiger charge is -2.25. The summed E-state index contributed by atoms with van der Waals surface area (Å²) in [6, 6.07) is 16.7. The molecule has 0 spiro atoms. The Balaban J connectivity index is 1.59. The molecule has 1 N–H and O–H groups in total. The number of ketones is 1. The number of anilines is 1. The molecule has 176 valence electrons. The van der Waals surface area contributed by atoms with Gasteiger partial charge >= 0.3 is 0 Å². The minimum Gasteiger partial charge on any atom is -0.511 e. The van der Waals surface area contributed by atoms with Crippen molar-refractivity contribution in [2.45, 2.75) is 71.6 Å². The van der Waals surface area contributed by atoms with E-state index in [9.17, 15) is 9.90 Å². The van der Waals surface area contributed by atoms with Crippen LogP contribution in [0.3, 0.4) is 0 Å². The zero-order chi connectivity index (χ0) is 23.5. The molecule has 0 radical (unpaired) electrons. The average molecular weight is 446 g/mol. The summed E-state index contributed by atoms with van der Waals surface area (Å²) >= 11 is 0. The Labute approximate surface area is 199 Å². The lowest BCUT2D eigenvalue weighted by atomic mass is 9.88. The number of nitrogens with zero attached hydrogens (tertiary/aromatic N) is 1. The van der Waals surface area contributed by atoms with Crippen LogP contribution in [0.15, 0.2) is 54.3 Å². The summed E-state index contributed by atoms with van der Waals surface area (Å²) in [4.78, 5) is 14.2. The molecule has 1 aliphatic rings. The van der Waals surface area contributed by atoms with E-state index in [1.165, 1.54) is 62.6 Å². The van der Waals surface area contributed by atoms with Crippen molar-refractivity contribution in [1.29, 1.82) is 0 Å². The summed E-state index contributed by atoms with van der Waals surface area (Å²) < 4.78 is 0. The van der Waals surface area contributed by atoms with Crippen molar-refractivity contribution in [2.24, 2.45) is 0 Å². The number of Topliss-reactive ketones (excluding diaryl/α,β-unsaturated/α-hetero) is 1. The van der Waals surface area contributed by atoms with E-state index in [2.05, 4.69) is 55.2 Å². The van der Waals surface area contributed by atoms with Crippen molar-refractivity contribution < 1.29 is 9.90 Å². The highest BCUT2D eigenvalue weighted by molar-refractivity contribution is 6.28. The Kier molecular flexibility index (Phi) is 9.80. The SMILES string of the molecule is CCCCCCN(CCCCCC)c1ccc(/C=C/c2ccc(C3=C(O)CC3=O)cc2)cc1. The van der Waals surface area contributed by atoms with Crippen molar-refractivity contribution in [3.8, 4) is 0 Å². The number of rotatable bonds is 14. The quantitative estimate of drug-likeness (QED) is 0.236. The largest absolute Gasteiger partial charge is 0.511 e. The van der Waals surface area contributed by atoms with Crippen molar-refractivity contribution in [3.05, 3.63) is 71.0 Å². The van der Waals surface area contributed by atoms with Gasteiger partial charge in [-0.25, -0.2) is 0 Å². The monoisotopic (exact) mass is 445 g/mol. The van der Waals surface area contributed by atoms with Crippen LogP contribution in [0, 0.1) is 0 Å². The van der Waals surface area contributed by atoms with Crippen LogP contribution >= 0.6 is 0 Å². The summed E-state index contributed by atoms with van der Waals surface area (Å²) in [5.74, 6) is 0.216. The molecule has 1 aliphatic carbocycles. The summed E-state index contributed by atoms with van der Waals surface area (Å²) in [5.41, 5.74) is 4.83. The topological polar surface area (TPSA) is 40.5 Å². The lowest BCUT2D eigenvalue weighted by molar-refractivity contribution is -0.115. The second-order valence-corrected chi connectivity index (χ2v) is 9.08. The molecule has 0 heterocycles. The predicted molar refractivity (Wildman–Crippen MR) is 141 cm³/mol. The summed E-state index contributed by atoms with van der Waals surface area (Å²) in [7, 11) is 0. The van der Waals surface area contributed by atoms with Gasteiger partial charge in [-0.05, 0) is 41.7 Å². The van der Waals surface area contributed by atoms with Crippen LogP contribution in [0.5, 0.6) is 0 Å². The second-order valence-electron chi connectivity index (χ2n) is 9.08. The number of carbonyl (C=O) groups excluding carboxylic acids is 1. The van der Waals surface area contributed by atoms with Crippen LogP contribution in [0.2, 0.25) is 0 Å². The third kappa shape index (κ3) is 7.35. The van der Waals surface area contributed by atoms with Crippen LogP contribution in [0.25, 0.3) is 17.7 Å². The molecular weight excluding hydrogens is 406 g/mol. The number of aliphatic hydroxyl groups excluding tert-OH is 1. The fraction of sp³-hybridized carbons (Fsp3) is 0.433. The first kappa shape index (κ1) is 24.8. The Bertz CT molecular complexity index is 926. The molecule has 0 saturated carbocycles. The van der Waals surface area contributed by atoms with Crippen LogP contribution in [-0.4, -0.2) is 24.0 Å². The van der Waals surface area contributed by atoms with Gasteiger partial charge in [-0.3, -0.25) is 4.79 Å². The first-order chi connectivity index (χ1) is 16.1. The van der Waals surface area contributed by atoms with Crippen LogP contribution in [0.1, 0.15) is 88.3 Å². The third-order valence-corrected chi connectivity index (χ3v) is 6.38. The highest BCUT2D eigenvalue weighted by Gasteiger charge is 2.27. The van der Waals surface area contributed by atoms with Gasteiger partial charge in [-0.15, -0.1) is 0 Å². The Morgan fingerprint density at radius 1 is 0.758 bits per heavy atom. The fourth-order valence-corrected chi connectivity index (χ4v) is 4.29. The van der Waals surface area contributed by atoms with Gasteiger partial charge in [0.15, 0.2) is 5.78 Å². The highest BCUT2D eigenvalue weighted by Crippen LogP contribution is 2.31. The van der Waals surface area contributed by atoms with E-state index in [1.54, 1.807) is 0 Å². The molecule has 0 atom stereocenters. The van der Waals surface area contributed by atoms with Gasteiger partial charge in [0.2, 0.25) is 0 Å². The van der Waals surface area contributed by atoms with Crippen molar-refractivity contribution >= 4 is 29.2 Å². The maximum atomic E-state index is 11.7. The minimum atomic E-state index is 0.0145. The molecule has 33 heavy (non-hydrogen) atoms. The molecule has 0 fully saturated rings. The summed E-state index contributed by atoms with van der Waals surface area (Å²) in [6.45, 7) is 6.81. The van der Waals surface area contributed by atoms with Crippen LogP contribution < -0.4 is 4.90 Å². The summed E-state index contributed by atoms with van der Waals surface area (Å²) in [6.07, 6.45) is 14.7. The number of hydrogen-bond donors (Lipinski definition) is 1. The van der Waals surface area contributed by atoms with Crippen molar-refractivity contribution in [2.75, 3.05) is 18.0 Å². The lowest BCUT2D eigenvalue weighted by Crippen LogP contribution is -2.25. The maximum absolute atomic E-state index is 11.7. The fourth-order valence-electron chi connectivity index (χ4n) is 4.29. The van der Waals surface area contributed by atoms with Crippen molar-refractivity contribution in [1.82, 2.24) is 0 Å². The molecular formula is C30H39NO2. The zero-order valence-electron chi connectivity index (χ0n) is 20.4. The van der Waals surface area contributed by atoms with E-state index in [-0.39, 0.29) is 18.0 Å². The molecule has 3 rings (SSSR count). The molecule has 0 amide bonds. The predicted octanol–water partition coefficient (Wildman–Crippen LogP) is 8.07. The summed E-state index contributed by atoms with van der Waals surface area (Å²) in [5, 5.41) is 9.70. The van der Waals surface area contributed by atoms with Gasteiger partial charge in [-0.2, -0.15) is 0 Å². The molecule has 0 bridgehead atoms. The van der Waals surface area contributed by atoms with E-state index in [1.807, 2.05) is 24.3 Å². The second kappa shape index (κ2) is 13.0. The first-order valence-corrected chi connectivity index (χ1v) is 12.7. The molecule has 0 aliphatic heterocycles. The molecule has 3 heteroatoms. The normalized spacial score (nSPS) is 13.6. The number of hydrogen-bond acceptors (Lipinski definition) is 3. The molecule has 0 saturated heterocycles. The number of benzene rings is 2. The smallest absolute Gasteiger partial charge is 0.174 e. The number of carbonyl (C=O) groups is 1.